The van der Waals surface area contributed by atoms with E-state index in [1.54, 1.807) is 11.8 Å². The van der Waals surface area contributed by atoms with Crippen LogP contribution in [0.25, 0.3) is 0 Å². The lowest BCUT2D eigenvalue weighted by atomic mass is 9.44. The van der Waals surface area contributed by atoms with Gasteiger partial charge in [0.25, 0.3) is 0 Å². The number of ketones is 1. The number of carboxylic acids is 2. The fraction of sp³-hybridized carbons (Fsp3) is 0.750. The Morgan fingerprint density at radius 1 is 1.10 bits per heavy atom. The summed E-state index contributed by atoms with van der Waals surface area (Å²) in [6.45, 7) is 20.0. The van der Waals surface area contributed by atoms with Crippen molar-refractivity contribution >= 4 is 35.5 Å². The molecule has 3 N–H and O–H groups in total. The zero-order valence-electron chi connectivity index (χ0n) is 26.1. The van der Waals surface area contributed by atoms with Gasteiger partial charge in [0.05, 0.1) is 11.9 Å². The van der Waals surface area contributed by atoms with Crippen LogP contribution in [0.2, 0.25) is 0 Å². The molecule has 0 heterocycles. The molecule has 0 radical (unpaired) electrons. The lowest BCUT2D eigenvalue weighted by Gasteiger charge is -2.61. The molecule has 0 aromatic rings. The Bertz CT molecular complexity index is 1010. The van der Waals surface area contributed by atoms with Gasteiger partial charge in [0.1, 0.15) is 11.9 Å². The largest absolute Gasteiger partial charge is 0.478 e. The molecule has 0 aromatic heterocycles. The summed E-state index contributed by atoms with van der Waals surface area (Å²) in [5, 5.41) is 27.2. The molecule has 0 amide bonds. The Labute approximate surface area is 255 Å². The molecule has 0 aliphatic heterocycles. The molecule has 3 aliphatic rings. The predicted octanol–water partition coefficient (Wildman–Crippen LogP) is 4.68. The number of rotatable bonds is 11. The van der Waals surface area contributed by atoms with Crippen LogP contribution in [0.4, 0.5) is 0 Å². The van der Waals surface area contributed by atoms with Crippen LogP contribution in [0.3, 0.4) is 0 Å². The van der Waals surface area contributed by atoms with Crippen LogP contribution >= 0.6 is 11.8 Å². The Hall–Kier alpha value is -2.17. The van der Waals surface area contributed by atoms with Crippen LogP contribution in [0.5, 0.6) is 0 Å². The van der Waals surface area contributed by atoms with Crippen molar-refractivity contribution in [2.24, 2.45) is 34.0 Å². The Kier molecular flexibility index (Phi) is 12.9. The summed E-state index contributed by atoms with van der Waals surface area (Å²) in [6.07, 6.45) is 5.76. The van der Waals surface area contributed by atoms with Crippen LogP contribution in [-0.2, 0) is 23.9 Å². The highest BCUT2D eigenvalue weighted by molar-refractivity contribution is 7.99. The van der Waals surface area contributed by atoms with Crippen molar-refractivity contribution in [3.05, 3.63) is 24.8 Å². The molecule has 0 spiro atoms. The molecule has 2 bridgehead atoms. The fourth-order valence-electron chi connectivity index (χ4n) is 7.73. The van der Waals surface area contributed by atoms with Crippen molar-refractivity contribution in [3.63, 3.8) is 0 Å². The molecule has 9 nitrogen and oxygen atoms in total. The summed E-state index contributed by atoms with van der Waals surface area (Å²) in [6, 6.07) is 0. The van der Waals surface area contributed by atoms with Gasteiger partial charge in [-0.2, -0.15) is 0 Å². The first-order valence-corrected chi connectivity index (χ1v) is 16.3. The molecule has 3 fully saturated rings. The number of carbonyl (C=O) groups is 4. The minimum Gasteiger partial charge on any atom is -0.478 e. The maximum atomic E-state index is 13.4. The topological polar surface area (TPSA) is 141 Å². The van der Waals surface area contributed by atoms with Crippen molar-refractivity contribution in [2.75, 3.05) is 31.1 Å². The van der Waals surface area contributed by atoms with E-state index in [4.69, 9.17) is 14.9 Å². The zero-order chi connectivity index (χ0) is 31.9. The van der Waals surface area contributed by atoms with Gasteiger partial charge in [-0.3, -0.25) is 9.59 Å². The fourth-order valence-corrected chi connectivity index (χ4v) is 8.49. The number of aliphatic hydroxyl groups is 1. The normalized spacial score (nSPS) is 35.9. The van der Waals surface area contributed by atoms with E-state index in [1.807, 2.05) is 13.0 Å². The van der Waals surface area contributed by atoms with Crippen LogP contribution in [0.15, 0.2) is 24.8 Å². The molecule has 8 atom stereocenters. The van der Waals surface area contributed by atoms with Gasteiger partial charge in [0.15, 0.2) is 0 Å². The first kappa shape index (κ1) is 36.0. The number of esters is 1. The number of carboxylic acid groups (broad SMARTS) is 2. The summed E-state index contributed by atoms with van der Waals surface area (Å²) in [7, 11) is 0. The van der Waals surface area contributed by atoms with Gasteiger partial charge >= 0.3 is 17.9 Å². The van der Waals surface area contributed by atoms with Crippen LogP contribution in [-0.4, -0.2) is 87.3 Å². The van der Waals surface area contributed by atoms with E-state index in [0.29, 0.717) is 36.5 Å². The minimum absolute atomic E-state index is 0.00828. The summed E-state index contributed by atoms with van der Waals surface area (Å²) in [5.74, 6) is -1.14. The minimum atomic E-state index is -1.26. The first-order valence-electron chi connectivity index (χ1n) is 15.1. The van der Waals surface area contributed by atoms with Crippen molar-refractivity contribution in [3.8, 4) is 0 Å². The summed E-state index contributed by atoms with van der Waals surface area (Å²) < 4.78 is 6.30. The molecule has 42 heavy (non-hydrogen) atoms. The third-order valence-electron chi connectivity index (χ3n) is 10.6. The lowest BCUT2D eigenvalue weighted by Crippen LogP contribution is -2.63. The molecular weight excluding hydrogens is 558 g/mol. The molecule has 0 aromatic carbocycles. The first-order chi connectivity index (χ1) is 19.6. The van der Waals surface area contributed by atoms with E-state index in [9.17, 15) is 24.3 Å². The maximum Gasteiger partial charge on any atom is 0.328 e. The number of carbonyl (C=O) groups excluding carboxylic acids is 2. The Morgan fingerprint density at radius 3 is 2.21 bits per heavy atom. The van der Waals surface area contributed by atoms with Gasteiger partial charge in [0.2, 0.25) is 0 Å². The van der Waals surface area contributed by atoms with Crippen molar-refractivity contribution in [1.29, 1.82) is 0 Å². The van der Waals surface area contributed by atoms with Crippen LogP contribution < -0.4 is 0 Å². The number of thioether (sulfide) groups is 1. The molecule has 0 saturated heterocycles. The average molecular weight is 610 g/mol. The second kappa shape index (κ2) is 15.0. The van der Waals surface area contributed by atoms with Gasteiger partial charge in [-0.1, -0.05) is 47.6 Å². The monoisotopic (exact) mass is 609 g/mol. The van der Waals surface area contributed by atoms with E-state index >= 15 is 0 Å². The third-order valence-corrected chi connectivity index (χ3v) is 11.5. The van der Waals surface area contributed by atoms with Gasteiger partial charge in [0, 0.05) is 47.6 Å². The van der Waals surface area contributed by atoms with Gasteiger partial charge in [-0.05, 0) is 56.0 Å². The quantitative estimate of drug-likeness (QED) is 0.131. The molecule has 0 unspecified atom stereocenters. The number of ether oxygens (including phenoxy) is 1. The summed E-state index contributed by atoms with van der Waals surface area (Å²) in [5.41, 5.74) is -1.25. The van der Waals surface area contributed by atoms with Gasteiger partial charge in [-0.15, -0.1) is 18.3 Å². The van der Waals surface area contributed by atoms with Crippen molar-refractivity contribution < 1.29 is 39.2 Å². The summed E-state index contributed by atoms with van der Waals surface area (Å²) >= 11 is 1.61. The third kappa shape index (κ3) is 7.66. The van der Waals surface area contributed by atoms with E-state index in [0.717, 1.165) is 44.6 Å². The second-order valence-electron chi connectivity index (χ2n) is 12.7. The van der Waals surface area contributed by atoms with Gasteiger partial charge < -0.3 is 25.0 Å². The molecular formula is C32H51NO8S. The van der Waals surface area contributed by atoms with Crippen LogP contribution in [0.1, 0.15) is 73.6 Å². The maximum absolute atomic E-state index is 13.4. The SMILES string of the molecule is C=C[C@]1(C)C[C@@H](OC(=O)CSCCN(CC)CC)[C@]2(C)[C@H](C)CC[C@]3(CCC(=O)[C@H]32)[C@@H](C)[C@@H]1O.O=C(O)/C=C/C(=O)O. The van der Waals surface area contributed by atoms with E-state index < -0.39 is 35.0 Å². The van der Waals surface area contributed by atoms with E-state index in [1.165, 1.54) is 0 Å². The standard InChI is InChI=1S/C28H47NO4S.C4H4O4/c1-8-26(6)17-22(33-23(31)18-34-16-15-29(9-2)10-3)27(7)19(4)11-13-28(20(5)25(26)32)14-12-21(30)24(27)28;5-3(6)1-2-4(7)8/h8,19-20,22,24-25,32H,1,9-18H2,2-7H3;1-2H,(H,5,6)(H,7,8)/b;2-1+/t19-,20+,22-,24+,25+,26-,27+,28+;/m1./s1. The highest BCUT2D eigenvalue weighted by atomic mass is 32.2. The van der Waals surface area contributed by atoms with Gasteiger partial charge in [-0.25, -0.2) is 9.59 Å². The molecule has 3 aliphatic carbocycles. The Balaban J connectivity index is 0.000000675. The number of hydrogen-bond donors (Lipinski definition) is 3. The Morgan fingerprint density at radius 2 is 1.69 bits per heavy atom. The second-order valence-corrected chi connectivity index (χ2v) is 13.8. The smallest absolute Gasteiger partial charge is 0.328 e. The molecule has 3 saturated carbocycles. The van der Waals surface area contributed by atoms with Crippen molar-refractivity contribution in [1.82, 2.24) is 4.90 Å². The highest BCUT2D eigenvalue weighted by Gasteiger charge is 2.68. The molecule has 238 valence electrons. The average Bonchev–Trinajstić information content (AvgIpc) is 3.30. The number of Topliss-reactive ketones (excluding diaryl/α,β-unsaturated/α-hetero) is 1. The highest BCUT2D eigenvalue weighted by Crippen LogP contribution is 2.68. The lowest BCUT2D eigenvalue weighted by molar-refractivity contribution is -0.205. The van der Waals surface area contributed by atoms with E-state index in [-0.39, 0.29) is 29.1 Å². The predicted molar refractivity (Wildman–Crippen MR) is 164 cm³/mol. The zero-order valence-corrected chi connectivity index (χ0v) is 27.0. The van der Waals surface area contributed by atoms with E-state index in [2.05, 4.69) is 46.1 Å². The number of nitrogens with zero attached hydrogens (tertiary/aromatic N) is 1. The summed E-state index contributed by atoms with van der Waals surface area (Å²) in [4.78, 5) is 48.0. The van der Waals surface area contributed by atoms with Crippen molar-refractivity contribution in [2.45, 2.75) is 85.9 Å². The van der Waals surface area contributed by atoms with Crippen LogP contribution in [0, 0.1) is 34.0 Å². The number of hydrogen-bond acceptors (Lipinski definition) is 8. The molecule has 3 rings (SSSR count). The number of aliphatic hydroxyl groups excluding tert-OH is 1. The molecule has 10 heteroatoms. The number of aliphatic carboxylic acids is 2.